The molecular weight excluding hydrogens is 269 g/mol. The first-order valence-electron chi connectivity index (χ1n) is 3.80. The Morgan fingerprint density at radius 2 is 2.29 bits per heavy atom. The summed E-state index contributed by atoms with van der Waals surface area (Å²) < 4.78 is 0. The Bertz CT molecular complexity index is 345. The monoisotopic (exact) mass is 277 g/mol. The molecular formula is C8H9BrClN3O. The summed E-state index contributed by atoms with van der Waals surface area (Å²) in [6.07, 6.45) is 0. The molecule has 0 aliphatic rings. The summed E-state index contributed by atoms with van der Waals surface area (Å²) >= 11 is 9.21. The van der Waals surface area contributed by atoms with Crippen molar-refractivity contribution in [1.82, 2.24) is 5.43 Å². The number of hydrazine groups is 1. The highest BCUT2D eigenvalue weighted by Crippen LogP contribution is 2.26. The van der Waals surface area contributed by atoms with Gasteiger partial charge in [-0.25, -0.2) is 10.6 Å². The molecule has 4 N–H and O–H groups in total. The standard InChI is InChI=1S/C8H9BrClN3O/c9-4-5-6(10)2-1-3-7(5)12-8(14)13-11/h1-3H,4,11H2,(H2,12,13,14). The van der Waals surface area contributed by atoms with Gasteiger partial charge in [-0.15, -0.1) is 0 Å². The molecule has 1 aromatic carbocycles. The van der Waals surface area contributed by atoms with E-state index in [9.17, 15) is 4.79 Å². The summed E-state index contributed by atoms with van der Waals surface area (Å²) in [7, 11) is 0. The molecule has 0 heterocycles. The normalized spacial score (nSPS) is 9.64. The molecule has 0 bridgehead atoms. The first kappa shape index (κ1) is 11.3. The minimum absolute atomic E-state index is 0.477. The van der Waals surface area contributed by atoms with E-state index >= 15 is 0 Å². The van der Waals surface area contributed by atoms with E-state index in [4.69, 9.17) is 17.4 Å². The average Bonchev–Trinajstić information content (AvgIpc) is 2.18. The number of nitrogens with two attached hydrogens (primary N) is 1. The molecule has 0 atom stereocenters. The summed E-state index contributed by atoms with van der Waals surface area (Å²) in [6.45, 7) is 0. The fourth-order valence-corrected chi connectivity index (χ4v) is 1.98. The first-order valence-corrected chi connectivity index (χ1v) is 5.30. The Morgan fingerprint density at radius 1 is 1.57 bits per heavy atom. The number of hydrogen-bond donors (Lipinski definition) is 3. The number of hydrogen-bond acceptors (Lipinski definition) is 2. The predicted octanol–water partition coefficient (Wildman–Crippen LogP) is 2.23. The van der Waals surface area contributed by atoms with Crippen molar-refractivity contribution in [2.45, 2.75) is 5.33 Å². The van der Waals surface area contributed by atoms with E-state index in [0.717, 1.165) is 5.56 Å². The van der Waals surface area contributed by atoms with Gasteiger partial charge in [-0.1, -0.05) is 33.6 Å². The number of amides is 2. The van der Waals surface area contributed by atoms with Crippen LogP contribution in [0.5, 0.6) is 0 Å². The van der Waals surface area contributed by atoms with Crippen LogP contribution in [0.2, 0.25) is 5.02 Å². The minimum atomic E-state index is -0.477. The maximum atomic E-state index is 11.0. The van der Waals surface area contributed by atoms with Gasteiger partial charge >= 0.3 is 6.03 Å². The van der Waals surface area contributed by atoms with Crippen LogP contribution in [0.15, 0.2) is 18.2 Å². The highest BCUT2D eigenvalue weighted by Gasteiger charge is 2.07. The molecule has 0 saturated carbocycles. The van der Waals surface area contributed by atoms with Gasteiger partial charge in [0.25, 0.3) is 0 Å². The Kier molecular flexibility index (Phi) is 4.19. The first-order chi connectivity index (χ1) is 6.69. The molecule has 6 heteroatoms. The third-order valence-corrected chi connectivity index (χ3v) is 2.55. The number of benzene rings is 1. The molecule has 0 fully saturated rings. The van der Waals surface area contributed by atoms with E-state index in [-0.39, 0.29) is 0 Å². The van der Waals surface area contributed by atoms with Crippen LogP contribution in [0, 0.1) is 0 Å². The second kappa shape index (κ2) is 5.19. The molecule has 0 radical (unpaired) electrons. The maximum Gasteiger partial charge on any atom is 0.333 e. The van der Waals surface area contributed by atoms with Gasteiger partial charge in [0.15, 0.2) is 0 Å². The third-order valence-electron chi connectivity index (χ3n) is 1.63. The van der Waals surface area contributed by atoms with Crippen LogP contribution in [0.4, 0.5) is 10.5 Å². The van der Waals surface area contributed by atoms with Crippen LogP contribution in [-0.2, 0) is 5.33 Å². The Labute approximate surface area is 94.9 Å². The molecule has 2 amide bonds. The summed E-state index contributed by atoms with van der Waals surface area (Å²) in [6, 6.07) is 4.77. The minimum Gasteiger partial charge on any atom is -0.307 e. The summed E-state index contributed by atoms with van der Waals surface area (Å²) in [5.41, 5.74) is 3.43. The highest BCUT2D eigenvalue weighted by molar-refractivity contribution is 9.08. The van der Waals surface area contributed by atoms with Gasteiger partial charge in [-0.05, 0) is 12.1 Å². The zero-order valence-electron chi connectivity index (χ0n) is 7.18. The quantitative estimate of drug-likeness (QED) is 0.336. The Morgan fingerprint density at radius 3 is 2.86 bits per heavy atom. The molecule has 14 heavy (non-hydrogen) atoms. The van der Waals surface area contributed by atoms with Gasteiger partial charge in [-0.3, -0.25) is 5.43 Å². The van der Waals surface area contributed by atoms with Crippen molar-refractivity contribution >= 4 is 39.2 Å². The van der Waals surface area contributed by atoms with E-state index in [0.29, 0.717) is 16.0 Å². The molecule has 0 unspecified atom stereocenters. The van der Waals surface area contributed by atoms with Gasteiger partial charge in [0.05, 0.1) is 0 Å². The Hall–Kier alpha value is -0.780. The van der Waals surface area contributed by atoms with Crippen molar-refractivity contribution in [3.05, 3.63) is 28.8 Å². The van der Waals surface area contributed by atoms with Crippen LogP contribution < -0.4 is 16.6 Å². The van der Waals surface area contributed by atoms with Gasteiger partial charge in [0.2, 0.25) is 0 Å². The number of urea groups is 1. The smallest absolute Gasteiger partial charge is 0.307 e. The van der Waals surface area contributed by atoms with Crippen LogP contribution in [0.1, 0.15) is 5.56 Å². The molecule has 0 aliphatic carbocycles. The lowest BCUT2D eigenvalue weighted by Crippen LogP contribution is -2.34. The highest BCUT2D eigenvalue weighted by atomic mass is 79.9. The fraction of sp³-hybridized carbons (Fsp3) is 0.125. The summed E-state index contributed by atoms with van der Waals surface area (Å²) in [4.78, 5) is 11.0. The lowest BCUT2D eigenvalue weighted by molar-refractivity contribution is 0.252. The van der Waals surface area contributed by atoms with Crippen molar-refractivity contribution in [3.8, 4) is 0 Å². The second-order valence-corrected chi connectivity index (χ2v) is 3.47. The van der Waals surface area contributed by atoms with Crippen LogP contribution in [-0.4, -0.2) is 6.03 Å². The van der Waals surface area contributed by atoms with Gasteiger partial charge in [-0.2, -0.15) is 0 Å². The van der Waals surface area contributed by atoms with E-state index in [2.05, 4.69) is 21.2 Å². The number of rotatable bonds is 2. The van der Waals surface area contributed by atoms with Crippen molar-refractivity contribution in [1.29, 1.82) is 0 Å². The van der Waals surface area contributed by atoms with Gasteiger partial charge in [0, 0.05) is 21.6 Å². The van der Waals surface area contributed by atoms with Crippen molar-refractivity contribution < 1.29 is 4.79 Å². The van der Waals surface area contributed by atoms with Crippen LogP contribution in [0.25, 0.3) is 0 Å². The van der Waals surface area contributed by atoms with Gasteiger partial charge in [0.1, 0.15) is 0 Å². The fourth-order valence-electron chi connectivity index (χ4n) is 0.970. The van der Waals surface area contributed by atoms with E-state index in [1.165, 1.54) is 0 Å². The van der Waals surface area contributed by atoms with Gasteiger partial charge < -0.3 is 5.32 Å². The van der Waals surface area contributed by atoms with Crippen molar-refractivity contribution in [2.75, 3.05) is 5.32 Å². The molecule has 1 rings (SSSR count). The maximum absolute atomic E-state index is 11.0. The second-order valence-electron chi connectivity index (χ2n) is 2.50. The number of nitrogens with one attached hydrogen (secondary N) is 2. The SMILES string of the molecule is NNC(=O)Nc1cccc(Cl)c1CBr. The molecule has 0 aromatic heterocycles. The lowest BCUT2D eigenvalue weighted by atomic mass is 10.2. The number of halogens is 2. The molecule has 76 valence electrons. The third kappa shape index (κ3) is 2.60. The number of carbonyl (C=O) groups excluding carboxylic acids is 1. The average molecular weight is 279 g/mol. The van der Waals surface area contributed by atoms with E-state index in [1.807, 2.05) is 5.43 Å². The van der Waals surface area contributed by atoms with E-state index < -0.39 is 6.03 Å². The number of carbonyl (C=O) groups is 1. The lowest BCUT2D eigenvalue weighted by Gasteiger charge is -2.09. The van der Waals surface area contributed by atoms with Crippen LogP contribution in [0.3, 0.4) is 0 Å². The zero-order valence-corrected chi connectivity index (χ0v) is 9.52. The molecule has 0 spiro atoms. The largest absolute Gasteiger partial charge is 0.333 e. The molecule has 1 aromatic rings. The van der Waals surface area contributed by atoms with E-state index in [1.54, 1.807) is 18.2 Å². The number of alkyl halides is 1. The molecule has 0 saturated heterocycles. The predicted molar refractivity (Wildman–Crippen MR) is 60.4 cm³/mol. The summed E-state index contributed by atoms with van der Waals surface area (Å²) in [5.74, 6) is 4.94. The topological polar surface area (TPSA) is 67.1 Å². The molecule has 0 aliphatic heterocycles. The van der Waals surface area contributed by atoms with Crippen LogP contribution >= 0.6 is 27.5 Å². The number of anilines is 1. The molecule has 4 nitrogen and oxygen atoms in total. The van der Waals surface area contributed by atoms with Crippen molar-refractivity contribution in [2.24, 2.45) is 5.84 Å². The zero-order chi connectivity index (χ0) is 10.6. The summed E-state index contributed by atoms with van der Waals surface area (Å²) in [5, 5.41) is 3.72. The van der Waals surface area contributed by atoms with Crippen molar-refractivity contribution in [3.63, 3.8) is 0 Å². The Balaban J connectivity index is 2.96.